The molecule has 0 amide bonds. The molecule has 0 aromatic rings. The maximum atomic E-state index is 9.52. The van der Waals surface area contributed by atoms with Gasteiger partial charge in [-0.2, -0.15) is 0 Å². The molecule has 2 N–H and O–H groups in total. The minimum absolute atomic E-state index is 0.0292. The molecule has 1 heterocycles. The van der Waals surface area contributed by atoms with Crippen LogP contribution in [0, 0.1) is 11.3 Å². The van der Waals surface area contributed by atoms with Crippen molar-refractivity contribution in [2.24, 2.45) is 11.3 Å². The van der Waals surface area contributed by atoms with E-state index in [1.165, 1.54) is 0 Å². The molecule has 0 radical (unpaired) electrons. The summed E-state index contributed by atoms with van der Waals surface area (Å²) < 4.78 is 5.94. The second kappa shape index (κ2) is 5.03. The minimum Gasteiger partial charge on any atom is -0.396 e. The molecule has 0 aromatic heterocycles. The summed E-state index contributed by atoms with van der Waals surface area (Å²) in [6.07, 6.45) is 3.02. The fourth-order valence-corrected chi connectivity index (χ4v) is 2.45. The topological polar surface area (TPSA) is 49.7 Å². The Balaban J connectivity index is 2.63. The smallest absolute Gasteiger partial charge is 0.0631 e. The van der Waals surface area contributed by atoms with Crippen molar-refractivity contribution >= 4 is 0 Å². The molecule has 0 aliphatic carbocycles. The Labute approximate surface area is 98.8 Å². The second-order valence-corrected chi connectivity index (χ2v) is 6.08. The van der Waals surface area contributed by atoms with Gasteiger partial charge in [0.15, 0.2) is 0 Å². The summed E-state index contributed by atoms with van der Waals surface area (Å²) >= 11 is 0. The first kappa shape index (κ1) is 13.9. The maximum absolute atomic E-state index is 9.52. The molecule has 1 unspecified atom stereocenters. The molecule has 16 heavy (non-hydrogen) atoms. The fourth-order valence-electron chi connectivity index (χ4n) is 2.45. The molecule has 0 saturated carbocycles. The number of aliphatic hydroxyl groups excluding tert-OH is 2. The maximum Gasteiger partial charge on any atom is 0.0631 e. The SMILES string of the molecule is CC(C)C(CO)(CO)CC1CCC(C)(C)O1. The van der Waals surface area contributed by atoms with Crippen molar-refractivity contribution in [1.82, 2.24) is 0 Å². The first-order valence-corrected chi connectivity index (χ1v) is 6.25. The Hall–Kier alpha value is -0.120. The van der Waals surface area contributed by atoms with E-state index in [0.717, 1.165) is 19.3 Å². The van der Waals surface area contributed by atoms with Crippen LogP contribution in [-0.2, 0) is 4.74 Å². The lowest BCUT2D eigenvalue weighted by Gasteiger charge is -2.36. The molecule has 1 rings (SSSR count). The van der Waals surface area contributed by atoms with Crippen molar-refractivity contribution < 1.29 is 14.9 Å². The van der Waals surface area contributed by atoms with Crippen LogP contribution in [0.5, 0.6) is 0 Å². The van der Waals surface area contributed by atoms with E-state index in [2.05, 4.69) is 13.8 Å². The molecule has 1 fully saturated rings. The highest BCUT2D eigenvalue weighted by Gasteiger charge is 2.40. The average Bonchev–Trinajstić information content (AvgIpc) is 2.54. The van der Waals surface area contributed by atoms with Gasteiger partial charge in [0, 0.05) is 5.41 Å². The van der Waals surface area contributed by atoms with Crippen molar-refractivity contribution in [3.8, 4) is 0 Å². The van der Waals surface area contributed by atoms with Gasteiger partial charge in [-0.05, 0) is 39.0 Å². The molecule has 96 valence electrons. The predicted molar refractivity (Wildman–Crippen MR) is 64.2 cm³/mol. The highest BCUT2D eigenvalue weighted by atomic mass is 16.5. The minimum atomic E-state index is -0.398. The lowest BCUT2D eigenvalue weighted by molar-refractivity contribution is -0.0695. The number of ether oxygens (including phenoxy) is 1. The summed E-state index contributed by atoms with van der Waals surface area (Å²) in [4.78, 5) is 0. The van der Waals surface area contributed by atoms with E-state index in [9.17, 15) is 10.2 Å². The van der Waals surface area contributed by atoms with Gasteiger partial charge < -0.3 is 14.9 Å². The number of rotatable bonds is 5. The van der Waals surface area contributed by atoms with Crippen molar-refractivity contribution in [3.63, 3.8) is 0 Å². The van der Waals surface area contributed by atoms with Gasteiger partial charge in [0.2, 0.25) is 0 Å². The summed E-state index contributed by atoms with van der Waals surface area (Å²) in [5.41, 5.74) is -0.441. The van der Waals surface area contributed by atoms with Crippen LogP contribution in [-0.4, -0.2) is 35.1 Å². The van der Waals surface area contributed by atoms with Gasteiger partial charge in [-0.1, -0.05) is 13.8 Å². The Morgan fingerprint density at radius 3 is 2.19 bits per heavy atom. The van der Waals surface area contributed by atoms with Crippen LogP contribution in [0.25, 0.3) is 0 Å². The van der Waals surface area contributed by atoms with E-state index in [4.69, 9.17) is 4.74 Å². The summed E-state index contributed by atoms with van der Waals surface area (Å²) in [6, 6.07) is 0. The third-order valence-electron chi connectivity index (χ3n) is 4.04. The van der Waals surface area contributed by atoms with Gasteiger partial charge in [0.05, 0.1) is 24.9 Å². The van der Waals surface area contributed by atoms with E-state index < -0.39 is 5.41 Å². The first-order chi connectivity index (χ1) is 7.35. The molecule has 0 bridgehead atoms. The average molecular weight is 230 g/mol. The highest BCUT2D eigenvalue weighted by molar-refractivity contribution is 4.89. The Morgan fingerprint density at radius 2 is 1.88 bits per heavy atom. The molecule has 1 saturated heterocycles. The van der Waals surface area contributed by atoms with Gasteiger partial charge in [-0.15, -0.1) is 0 Å². The van der Waals surface area contributed by atoms with Crippen LogP contribution in [0.4, 0.5) is 0 Å². The van der Waals surface area contributed by atoms with Gasteiger partial charge in [0.1, 0.15) is 0 Å². The quantitative estimate of drug-likeness (QED) is 0.759. The van der Waals surface area contributed by atoms with E-state index in [1.807, 2.05) is 13.8 Å². The highest BCUT2D eigenvalue weighted by Crippen LogP contribution is 2.39. The monoisotopic (exact) mass is 230 g/mol. The van der Waals surface area contributed by atoms with Crippen molar-refractivity contribution in [2.75, 3.05) is 13.2 Å². The van der Waals surface area contributed by atoms with Gasteiger partial charge in [-0.25, -0.2) is 0 Å². The number of hydrogen-bond acceptors (Lipinski definition) is 3. The van der Waals surface area contributed by atoms with Crippen LogP contribution >= 0.6 is 0 Å². The van der Waals surface area contributed by atoms with Crippen molar-refractivity contribution in [1.29, 1.82) is 0 Å². The zero-order valence-electron chi connectivity index (χ0n) is 11.0. The van der Waals surface area contributed by atoms with E-state index in [-0.39, 0.29) is 30.8 Å². The number of hydrogen-bond donors (Lipinski definition) is 2. The summed E-state index contributed by atoms with van der Waals surface area (Å²) in [5.74, 6) is 0.259. The Morgan fingerprint density at radius 1 is 1.31 bits per heavy atom. The largest absolute Gasteiger partial charge is 0.396 e. The normalized spacial score (nSPS) is 25.3. The van der Waals surface area contributed by atoms with E-state index >= 15 is 0 Å². The van der Waals surface area contributed by atoms with Gasteiger partial charge >= 0.3 is 0 Å². The van der Waals surface area contributed by atoms with Crippen molar-refractivity contribution in [3.05, 3.63) is 0 Å². The molecule has 0 aromatic carbocycles. The third kappa shape index (κ3) is 2.96. The summed E-state index contributed by atoms with van der Waals surface area (Å²) in [7, 11) is 0. The molecular weight excluding hydrogens is 204 g/mol. The molecule has 3 nitrogen and oxygen atoms in total. The van der Waals surface area contributed by atoms with Crippen LogP contribution in [0.2, 0.25) is 0 Å². The second-order valence-electron chi connectivity index (χ2n) is 6.08. The standard InChI is InChI=1S/C13H26O3/c1-10(2)13(8-14,9-15)7-11-5-6-12(3,4)16-11/h10-11,14-15H,5-9H2,1-4H3. The molecule has 3 heteroatoms. The van der Waals surface area contributed by atoms with Gasteiger partial charge in [0.25, 0.3) is 0 Å². The van der Waals surface area contributed by atoms with Crippen LogP contribution in [0.3, 0.4) is 0 Å². The zero-order valence-corrected chi connectivity index (χ0v) is 11.0. The van der Waals surface area contributed by atoms with Crippen LogP contribution < -0.4 is 0 Å². The molecular formula is C13H26O3. The Kier molecular flexibility index (Phi) is 4.38. The Bertz CT molecular complexity index is 219. The fraction of sp³-hybridized carbons (Fsp3) is 1.00. The lowest BCUT2D eigenvalue weighted by atomic mass is 9.74. The van der Waals surface area contributed by atoms with E-state index in [1.54, 1.807) is 0 Å². The predicted octanol–water partition coefficient (Wildman–Crippen LogP) is 1.96. The summed E-state index contributed by atoms with van der Waals surface area (Å²) in [6.45, 7) is 8.35. The molecule has 1 aliphatic rings. The van der Waals surface area contributed by atoms with Crippen LogP contribution in [0.15, 0.2) is 0 Å². The lowest BCUT2D eigenvalue weighted by Crippen LogP contribution is -2.39. The van der Waals surface area contributed by atoms with E-state index in [0.29, 0.717) is 0 Å². The summed E-state index contributed by atoms with van der Waals surface area (Å²) in [5, 5.41) is 19.0. The zero-order chi connectivity index (χ0) is 12.4. The third-order valence-corrected chi connectivity index (χ3v) is 4.04. The first-order valence-electron chi connectivity index (χ1n) is 6.25. The molecule has 1 atom stereocenters. The van der Waals surface area contributed by atoms with Crippen molar-refractivity contribution in [2.45, 2.75) is 58.7 Å². The van der Waals surface area contributed by atoms with Gasteiger partial charge in [-0.3, -0.25) is 0 Å². The molecule has 1 aliphatic heterocycles. The molecule has 0 spiro atoms. The number of aliphatic hydroxyl groups is 2. The van der Waals surface area contributed by atoms with Crippen LogP contribution in [0.1, 0.15) is 47.0 Å².